The van der Waals surface area contributed by atoms with Gasteiger partial charge in [0.2, 0.25) is 0 Å². The summed E-state index contributed by atoms with van der Waals surface area (Å²) < 4.78 is 6.67. The van der Waals surface area contributed by atoms with Crippen LogP contribution in [0.15, 0.2) is 53.5 Å². The summed E-state index contributed by atoms with van der Waals surface area (Å²) in [4.78, 5) is 28.3. The van der Waals surface area contributed by atoms with E-state index in [1.165, 1.54) is 10.5 Å². The van der Waals surface area contributed by atoms with E-state index < -0.39 is 0 Å². The summed E-state index contributed by atoms with van der Waals surface area (Å²) in [5.74, 6) is -0.386. The fourth-order valence-corrected chi connectivity index (χ4v) is 2.43. The SMILES string of the molecule is Cc1ccc2nc(COC(=O)Cc3ccc(Cl)cc3)cc(=O)n2c1. The van der Waals surface area contributed by atoms with Gasteiger partial charge < -0.3 is 4.74 Å². The topological polar surface area (TPSA) is 60.7 Å². The van der Waals surface area contributed by atoms with E-state index in [4.69, 9.17) is 16.3 Å². The number of hydrogen-bond acceptors (Lipinski definition) is 4. The molecule has 2 heterocycles. The van der Waals surface area contributed by atoms with Crippen molar-refractivity contribution in [3.63, 3.8) is 0 Å². The van der Waals surface area contributed by atoms with Crippen LogP contribution in [0.3, 0.4) is 0 Å². The van der Waals surface area contributed by atoms with Gasteiger partial charge >= 0.3 is 5.97 Å². The molecule has 122 valence electrons. The molecule has 0 atom stereocenters. The molecule has 0 unspecified atom stereocenters. The number of aryl methyl sites for hydroxylation is 1. The minimum absolute atomic E-state index is 0.0357. The Hall–Kier alpha value is -2.66. The lowest BCUT2D eigenvalue weighted by atomic mass is 10.1. The Bertz CT molecular complexity index is 949. The van der Waals surface area contributed by atoms with Gasteiger partial charge in [0.1, 0.15) is 12.3 Å². The first-order chi connectivity index (χ1) is 11.5. The highest BCUT2D eigenvalue weighted by molar-refractivity contribution is 6.30. The van der Waals surface area contributed by atoms with Crippen molar-refractivity contribution in [2.75, 3.05) is 0 Å². The molecule has 0 amide bonds. The van der Waals surface area contributed by atoms with E-state index in [-0.39, 0.29) is 24.6 Å². The number of rotatable bonds is 4. The van der Waals surface area contributed by atoms with Crippen molar-refractivity contribution in [2.24, 2.45) is 0 Å². The highest BCUT2D eigenvalue weighted by Gasteiger charge is 2.08. The number of ether oxygens (including phenoxy) is 1. The zero-order valence-electron chi connectivity index (χ0n) is 13.0. The molecule has 3 rings (SSSR count). The van der Waals surface area contributed by atoms with Crippen molar-refractivity contribution >= 4 is 23.2 Å². The second kappa shape index (κ2) is 6.84. The zero-order chi connectivity index (χ0) is 17.1. The largest absolute Gasteiger partial charge is 0.459 e. The molecule has 3 aromatic rings. The van der Waals surface area contributed by atoms with Gasteiger partial charge in [-0.2, -0.15) is 0 Å². The molecular formula is C18H15ClN2O3. The number of halogens is 1. The van der Waals surface area contributed by atoms with Gasteiger partial charge in [-0.05, 0) is 36.2 Å². The van der Waals surface area contributed by atoms with E-state index in [2.05, 4.69) is 4.98 Å². The first-order valence-corrected chi connectivity index (χ1v) is 7.78. The van der Waals surface area contributed by atoms with Gasteiger partial charge in [0.15, 0.2) is 0 Å². The lowest BCUT2D eigenvalue weighted by Gasteiger charge is -2.07. The molecule has 0 radical (unpaired) electrons. The number of carbonyl (C=O) groups is 1. The minimum Gasteiger partial charge on any atom is -0.459 e. The summed E-state index contributed by atoms with van der Waals surface area (Å²) in [6.45, 7) is 1.87. The Kier molecular flexibility index (Phi) is 4.62. The van der Waals surface area contributed by atoms with Crippen molar-refractivity contribution in [2.45, 2.75) is 20.0 Å². The number of nitrogens with zero attached hydrogens (tertiary/aromatic N) is 2. The Balaban J connectivity index is 1.69. The monoisotopic (exact) mass is 342 g/mol. The fourth-order valence-electron chi connectivity index (χ4n) is 2.31. The number of carbonyl (C=O) groups excluding carboxylic acids is 1. The van der Waals surface area contributed by atoms with Crippen LogP contribution in [0.2, 0.25) is 5.02 Å². The molecule has 0 spiro atoms. The van der Waals surface area contributed by atoms with Crippen LogP contribution in [-0.4, -0.2) is 15.4 Å². The molecule has 0 N–H and O–H groups in total. The van der Waals surface area contributed by atoms with Crippen LogP contribution >= 0.6 is 11.6 Å². The third kappa shape index (κ3) is 3.81. The molecule has 0 fully saturated rings. The zero-order valence-corrected chi connectivity index (χ0v) is 13.8. The number of fused-ring (bicyclic) bond motifs is 1. The maximum atomic E-state index is 12.1. The van der Waals surface area contributed by atoms with Gasteiger partial charge in [0.05, 0.1) is 12.1 Å². The quantitative estimate of drug-likeness (QED) is 0.684. The van der Waals surface area contributed by atoms with Crippen LogP contribution in [0.4, 0.5) is 0 Å². The van der Waals surface area contributed by atoms with E-state index in [1.807, 2.05) is 13.0 Å². The molecule has 0 aliphatic heterocycles. The molecule has 0 bridgehead atoms. The Morgan fingerprint density at radius 3 is 2.71 bits per heavy atom. The molecule has 2 aromatic heterocycles. The first-order valence-electron chi connectivity index (χ1n) is 7.40. The van der Waals surface area contributed by atoms with Crippen LogP contribution in [0, 0.1) is 6.92 Å². The maximum absolute atomic E-state index is 12.1. The van der Waals surface area contributed by atoms with Crippen molar-refractivity contribution < 1.29 is 9.53 Å². The molecule has 0 aliphatic carbocycles. The lowest BCUT2D eigenvalue weighted by Crippen LogP contribution is -2.17. The van der Waals surface area contributed by atoms with Crippen LogP contribution in [-0.2, 0) is 22.6 Å². The number of hydrogen-bond donors (Lipinski definition) is 0. The van der Waals surface area contributed by atoms with E-state index in [0.29, 0.717) is 16.4 Å². The average Bonchev–Trinajstić information content (AvgIpc) is 2.56. The third-order valence-corrected chi connectivity index (χ3v) is 3.76. The van der Waals surface area contributed by atoms with E-state index in [9.17, 15) is 9.59 Å². The van der Waals surface area contributed by atoms with Crippen LogP contribution < -0.4 is 5.56 Å². The Morgan fingerprint density at radius 1 is 1.21 bits per heavy atom. The second-order valence-electron chi connectivity index (χ2n) is 5.48. The highest BCUT2D eigenvalue weighted by Crippen LogP contribution is 2.11. The fraction of sp³-hybridized carbons (Fsp3) is 0.167. The molecule has 0 aliphatic rings. The molecule has 6 heteroatoms. The van der Waals surface area contributed by atoms with Crippen molar-refractivity contribution in [1.82, 2.24) is 9.38 Å². The van der Waals surface area contributed by atoms with Crippen molar-refractivity contribution in [3.05, 3.63) is 80.9 Å². The summed E-state index contributed by atoms with van der Waals surface area (Å²) in [6, 6.07) is 12.0. The molecule has 0 saturated carbocycles. The van der Waals surface area contributed by atoms with Crippen LogP contribution in [0.1, 0.15) is 16.8 Å². The van der Waals surface area contributed by atoms with E-state index in [0.717, 1.165) is 11.1 Å². The number of esters is 1. The summed E-state index contributed by atoms with van der Waals surface area (Å²) in [5.41, 5.74) is 2.53. The Labute approximate surface area is 143 Å². The third-order valence-electron chi connectivity index (χ3n) is 3.50. The van der Waals surface area contributed by atoms with Gasteiger partial charge in [0, 0.05) is 17.3 Å². The minimum atomic E-state index is -0.386. The normalized spacial score (nSPS) is 10.8. The predicted octanol–water partition coefficient (Wildman–Crippen LogP) is 2.94. The highest BCUT2D eigenvalue weighted by atomic mass is 35.5. The van der Waals surface area contributed by atoms with Crippen molar-refractivity contribution in [3.8, 4) is 0 Å². The van der Waals surface area contributed by atoms with Crippen LogP contribution in [0.25, 0.3) is 5.65 Å². The van der Waals surface area contributed by atoms with Crippen LogP contribution in [0.5, 0.6) is 0 Å². The van der Waals surface area contributed by atoms with Gasteiger partial charge in [-0.1, -0.05) is 29.8 Å². The van der Waals surface area contributed by atoms with Gasteiger partial charge in [-0.15, -0.1) is 0 Å². The molecule has 1 aromatic carbocycles. The van der Waals surface area contributed by atoms with Gasteiger partial charge in [-0.25, -0.2) is 4.98 Å². The van der Waals surface area contributed by atoms with Crippen molar-refractivity contribution in [1.29, 1.82) is 0 Å². The lowest BCUT2D eigenvalue weighted by molar-refractivity contribution is -0.144. The van der Waals surface area contributed by atoms with Gasteiger partial charge in [-0.3, -0.25) is 14.0 Å². The average molecular weight is 343 g/mol. The number of benzene rings is 1. The smallest absolute Gasteiger partial charge is 0.310 e. The molecule has 24 heavy (non-hydrogen) atoms. The molecular weight excluding hydrogens is 328 g/mol. The van der Waals surface area contributed by atoms with Gasteiger partial charge in [0.25, 0.3) is 5.56 Å². The predicted molar refractivity (Wildman–Crippen MR) is 91.2 cm³/mol. The summed E-state index contributed by atoms with van der Waals surface area (Å²) >= 11 is 5.81. The Morgan fingerprint density at radius 2 is 1.96 bits per heavy atom. The summed E-state index contributed by atoms with van der Waals surface area (Å²) in [6.07, 6.45) is 1.86. The number of pyridine rings is 1. The molecule has 5 nitrogen and oxygen atoms in total. The second-order valence-corrected chi connectivity index (χ2v) is 5.92. The summed E-state index contributed by atoms with van der Waals surface area (Å²) in [7, 11) is 0. The first kappa shape index (κ1) is 16.2. The van der Waals surface area contributed by atoms with E-state index >= 15 is 0 Å². The molecule has 0 saturated heterocycles. The standard InChI is InChI=1S/C18H15ClN2O3/c1-12-2-7-16-20-15(9-17(22)21(16)10-12)11-24-18(23)8-13-3-5-14(19)6-4-13/h2-7,9-10H,8,11H2,1H3. The summed E-state index contributed by atoms with van der Waals surface area (Å²) in [5, 5.41) is 0.614. The number of aromatic nitrogens is 2. The van der Waals surface area contributed by atoms with E-state index in [1.54, 1.807) is 36.5 Å². The maximum Gasteiger partial charge on any atom is 0.310 e.